The molecule has 1 amide bonds. The maximum Gasteiger partial charge on any atom is 0.323 e. The maximum absolute atomic E-state index is 11.9. The van der Waals surface area contributed by atoms with Gasteiger partial charge in [-0.2, -0.15) is 0 Å². The summed E-state index contributed by atoms with van der Waals surface area (Å²) in [7, 11) is 1.58. The first kappa shape index (κ1) is 15.6. The van der Waals surface area contributed by atoms with Crippen LogP contribution in [0.2, 0.25) is 0 Å². The van der Waals surface area contributed by atoms with E-state index in [2.05, 4.69) is 5.92 Å². The van der Waals surface area contributed by atoms with Gasteiger partial charge in [0.2, 0.25) is 5.91 Å². The van der Waals surface area contributed by atoms with Crippen molar-refractivity contribution in [3.05, 3.63) is 29.8 Å². The van der Waals surface area contributed by atoms with Crippen LogP contribution in [-0.4, -0.2) is 42.1 Å². The first-order valence-electron chi connectivity index (χ1n) is 6.12. The van der Waals surface area contributed by atoms with Gasteiger partial charge in [-0.05, 0) is 24.1 Å². The van der Waals surface area contributed by atoms with E-state index in [-0.39, 0.29) is 25.4 Å². The lowest BCUT2D eigenvalue weighted by molar-refractivity contribution is -0.144. The lowest BCUT2D eigenvalue weighted by Gasteiger charge is -2.17. The lowest BCUT2D eigenvalue weighted by atomic mass is 10.1. The van der Waals surface area contributed by atoms with Gasteiger partial charge in [-0.25, -0.2) is 0 Å². The van der Waals surface area contributed by atoms with E-state index in [0.29, 0.717) is 6.42 Å². The molecule has 0 unspecified atom stereocenters. The second-order valence-electron chi connectivity index (χ2n) is 4.20. The third kappa shape index (κ3) is 5.02. The summed E-state index contributed by atoms with van der Waals surface area (Å²) in [5, 5.41) is 8.73. The lowest BCUT2D eigenvalue weighted by Crippen LogP contribution is -2.36. The minimum Gasteiger partial charge on any atom is -0.497 e. The molecule has 0 heterocycles. The van der Waals surface area contributed by atoms with E-state index in [9.17, 15) is 9.59 Å². The minimum absolute atomic E-state index is 0.00322. The second kappa shape index (κ2) is 7.85. The molecule has 0 aliphatic carbocycles. The van der Waals surface area contributed by atoms with Crippen LogP contribution in [0.3, 0.4) is 0 Å². The standard InChI is InChI=1S/C15H17NO4/c1-3-9-16(11-15(18)19)14(17)8-7-12-5-4-6-13(10-12)20-2/h1,4-6,10H,7-9,11H2,2H3,(H,18,19). The average molecular weight is 275 g/mol. The zero-order valence-corrected chi connectivity index (χ0v) is 11.3. The number of aliphatic carboxylic acids is 1. The number of benzene rings is 1. The molecular weight excluding hydrogens is 258 g/mol. The van der Waals surface area contributed by atoms with E-state index in [1.807, 2.05) is 24.3 Å². The van der Waals surface area contributed by atoms with Crippen molar-refractivity contribution in [1.82, 2.24) is 4.90 Å². The summed E-state index contributed by atoms with van der Waals surface area (Å²) < 4.78 is 5.10. The zero-order chi connectivity index (χ0) is 15.0. The van der Waals surface area contributed by atoms with Gasteiger partial charge in [-0.1, -0.05) is 18.1 Å². The molecule has 5 heteroatoms. The van der Waals surface area contributed by atoms with Gasteiger partial charge in [0, 0.05) is 6.42 Å². The van der Waals surface area contributed by atoms with Crippen LogP contribution < -0.4 is 4.74 Å². The third-order valence-corrected chi connectivity index (χ3v) is 2.72. The topological polar surface area (TPSA) is 66.8 Å². The van der Waals surface area contributed by atoms with Crippen LogP contribution in [0.25, 0.3) is 0 Å². The highest BCUT2D eigenvalue weighted by Crippen LogP contribution is 2.14. The van der Waals surface area contributed by atoms with Crippen molar-refractivity contribution in [2.45, 2.75) is 12.8 Å². The van der Waals surface area contributed by atoms with Crippen LogP contribution in [0.5, 0.6) is 5.75 Å². The molecule has 0 fully saturated rings. The number of nitrogens with zero attached hydrogens (tertiary/aromatic N) is 1. The molecule has 0 spiro atoms. The molecule has 1 rings (SSSR count). The molecule has 0 aliphatic heterocycles. The molecule has 1 aromatic rings. The summed E-state index contributed by atoms with van der Waals surface area (Å²) in [5.74, 6) is 1.67. The van der Waals surface area contributed by atoms with Gasteiger partial charge < -0.3 is 14.7 Å². The summed E-state index contributed by atoms with van der Waals surface area (Å²) in [5.41, 5.74) is 0.952. The summed E-state index contributed by atoms with van der Waals surface area (Å²) in [6.07, 6.45) is 5.86. The van der Waals surface area contributed by atoms with Gasteiger partial charge in [0.15, 0.2) is 0 Å². The Bertz CT molecular complexity index is 519. The Labute approximate surface area is 118 Å². The fraction of sp³-hybridized carbons (Fsp3) is 0.333. The number of hydrogen-bond donors (Lipinski definition) is 1. The Morgan fingerprint density at radius 1 is 1.45 bits per heavy atom. The predicted octanol–water partition coefficient (Wildman–Crippen LogP) is 1.17. The number of carboxylic acid groups (broad SMARTS) is 1. The van der Waals surface area contributed by atoms with Crippen LogP contribution in [-0.2, 0) is 16.0 Å². The number of ether oxygens (including phenoxy) is 1. The summed E-state index contributed by atoms with van der Waals surface area (Å²) in [4.78, 5) is 23.8. The Kier molecular flexibility index (Phi) is 6.11. The summed E-state index contributed by atoms with van der Waals surface area (Å²) >= 11 is 0. The van der Waals surface area contributed by atoms with E-state index < -0.39 is 5.97 Å². The normalized spacial score (nSPS) is 9.60. The molecule has 0 saturated heterocycles. The first-order valence-corrected chi connectivity index (χ1v) is 6.12. The van der Waals surface area contributed by atoms with E-state index in [4.69, 9.17) is 16.3 Å². The minimum atomic E-state index is -1.07. The predicted molar refractivity (Wildman–Crippen MR) is 74.4 cm³/mol. The third-order valence-electron chi connectivity index (χ3n) is 2.72. The zero-order valence-electron chi connectivity index (χ0n) is 11.3. The summed E-state index contributed by atoms with van der Waals surface area (Å²) in [6, 6.07) is 7.39. The van der Waals surface area contributed by atoms with Gasteiger partial charge in [0.25, 0.3) is 0 Å². The Balaban J connectivity index is 2.59. The number of carbonyl (C=O) groups excluding carboxylic acids is 1. The Morgan fingerprint density at radius 3 is 2.80 bits per heavy atom. The molecule has 5 nitrogen and oxygen atoms in total. The largest absolute Gasteiger partial charge is 0.497 e. The quantitative estimate of drug-likeness (QED) is 0.759. The van der Waals surface area contributed by atoms with Crippen LogP contribution in [0.15, 0.2) is 24.3 Å². The molecule has 0 aromatic heterocycles. The van der Waals surface area contributed by atoms with Crippen LogP contribution in [0, 0.1) is 12.3 Å². The molecule has 1 N–H and O–H groups in total. The highest BCUT2D eigenvalue weighted by atomic mass is 16.5. The summed E-state index contributed by atoms with van der Waals surface area (Å²) in [6.45, 7) is -0.371. The van der Waals surface area contributed by atoms with E-state index >= 15 is 0 Å². The van der Waals surface area contributed by atoms with Crippen molar-refractivity contribution in [2.75, 3.05) is 20.2 Å². The maximum atomic E-state index is 11.9. The number of amides is 1. The number of rotatable bonds is 7. The number of terminal acetylenes is 1. The fourth-order valence-corrected chi connectivity index (χ4v) is 1.74. The molecular formula is C15H17NO4. The van der Waals surface area contributed by atoms with Gasteiger partial charge >= 0.3 is 5.97 Å². The van der Waals surface area contributed by atoms with Crippen molar-refractivity contribution in [1.29, 1.82) is 0 Å². The van der Waals surface area contributed by atoms with Crippen molar-refractivity contribution in [3.63, 3.8) is 0 Å². The molecule has 106 valence electrons. The number of carboxylic acids is 1. The van der Waals surface area contributed by atoms with E-state index in [1.54, 1.807) is 7.11 Å². The number of hydrogen-bond acceptors (Lipinski definition) is 3. The van der Waals surface area contributed by atoms with Crippen LogP contribution in [0.1, 0.15) is 12.0 Å². The smallest absolute Gasteiger partial charge is 0.323 e. The van der Waals surface area contributed by atoms with Crippen molar-refractivity contribution in [2.24, 2.45) is 0 Å². The fourth-order valence-electron chi connectivity index (χ4n) is 1.74. The van der Waals surface area contributed by atoms with E-state index in [0.717, 1.165) is 16.2 Å². The van der Waals surface area contributed by atoms with E-state index in [1.165, 1.54) is 0 Å². The van der Waals surface area contributed by atoms with Crippen LogP contribution in [0.4, 0.5) is 0 Å². The molecule has 0 aliphatic rings. The van der Waals surface area contributed by atoms with Gasteiger partial charge in [-0.15, -0.1) is 6.42 Å². The van der Waals surface area contributed by atoms with Gasteiger partial charge in [0.05, 0.1) is 13.7 Å². The number of carbonyl (C=O) groups is 2. The molecule has 0 radical (unpaired) electrons. The van der Waals surface area contributed by atoms with Crippen molar-refractivity contribution in [3.8, 4) is 18.1 Å². The molecule has 0 bridgehead atoms. The van der Waals surface area contributed by atoms with Gasteiger partial charge in [-0.3, -0.25) is 9.59 Å². The number of methoxy groups -OCH3 is 1. The SMILES string of the molecule is C#CCN(CC(=O)O)C(=O)CCc1cccc(OC)c1. The molecule has 0 atom stereocenters. The van der Waals surface area contributed by atoms with Crippen molar-refractivity contribution >= 4 is 11.9 Å². The van der Waals surface area contributed by atoms with Crippen LogP contribution >= 0.6 is 0 Å². The monoisotopic (exact) mass is 275 g/mol. The first-order chi connectivity index (χ1) is 9.56. The number of aryl methyl sites for hydroxylation is 1. The Hall–Kier alpha value is -2.48. The molecule has 1 aromatic carbocycles. The van der Waals surface area contributed by atoms with Crippen molar-refractivity contribution < 1.29 is 19.4 Å². The molecule has 0 saturated carbocycles. The average Bonchev–Trinajstić information content (AvgIpc) is 2.44. The highest BCUT2D eigenvalue weighted by Gasteiger charge is 2.15. The second-order valence-corrected chi connectivity index (χ2v) is 4.20. The molecule has 20 heavy (non-hydrogen) atoms. The van der Waals surface area contributed by atoms with Gasteiger partial charge in [0.1, 0.15) is 12.3 Å². The highest BCUT2D eigenvalue weighted by molar-refractivity contribution is 5.81. The Morgan fingerprint density at radius 2 is 2.20 bits per heavy atom.